The van der Waals surface area contributed by atoms with Gasteiger partial charge in [0.1, 0.15) is 11.4 Å². The van der Waals surface area contributed by atoms with Crippen LogP contribution in [0.4, 0.5) is 5.69 Å². The normalized spacial score (nSPS) is 10.5. The molecule has 1 aromatic rings. The lowest BCUT2D eigenvalue weighted by atomic mass is 10.3. The fourth-order valence-corrected chi connectivity index (χ4v) is 2.15. The van der Waals surface area contributed by atoms with Crippen molar-refractivity contribution in [2.75, 3.05) is 13.6 Å². The summed E-state index contributed by atoms with van der Waals surface area (Å²) >= 11 is 0. The van der Waals surface area contributed by atoms with Crippen molar-refractivity contribution in [1.29, 1.82) is 0 Å². The van der Waals surface area contributed by atoms with Gasteiger partial charge in [-0.25, -0.2) is 0 Å². The Kier molecular flexibility index (Phi) is 6.02. The van der Waals surface area contributed by atoms with Gasteiger partial charge in [-0.2, -0.15) is 5.10 Å². The Labute approximate surface area is 127 Å². The standard InChI is InChI=1S/C13H20N4O5/c1-9-13(17(21)22)10(2)16(14-9)8-6-11(18)15(3)7-4-5-12(19)20/h4-8H2,1-3H3,(H,19,20). The summed E-state index contributed by atoms with van der Waals surface area (Å²) in [6, 6.07) is 0. The molecule has 0 radical (unpaired) electrons. The van der Waals surface area contributed by atoms with Crippen molar-refractivity contribution < 1.29 is 19.6 Å². The van der Waals surface area contributed by atoms with Gasteiger partial charge in [0.05, 0.1) is 11.5 Å². The van der Waals surface area contributed by atoms with E-state index in [4.69, 9.17) is 5.11 Å². The molecule has 1 N–H and O–H groups in total. The number of carboxylic acid groups (broad SMARTS) is 1. The minimum absolute atomic E-state index is 0.0152. The van der Waals surface area contributed by atoms with E-state index in [2.05, 4.69) is 5.10 Å². The maximum atomic E-state index is 11.9. The van der Waals surface area contributed by atoms with Crippen molar-refractivity contribution in [2.24, 2.45) is 0 Å². The number of hydrogen-bond acceptors (Lipinski definition) is 5. The first-order valence-electron chi connectivity index (χ1n) is 6.88. The van der Waals surface area contributed by atoms with E-state index >= 15 is 0 Å². The molecule has 0 aliphatic heterocycles. The monoisotopic (exact) mass is 312 g/mol. The molecule has 0 fully saturated rings. The summed E-state index contributed by atoms with van der Waals surface area (Å²) in [4.78, 5) is 34.2. The molecule has 0 saturated heterocycles. The van der Waals surface area contributed by atoms with E-state index in [1.165, 1.54) is 9.58 Å². The molecule has 0 saturated carbocycles. The number of amides is 1. The molecule has 1 heterocycles. The number of aromatic nitrogens is 2. The lowest BCUT2D eigenvalue weighted by Crippen LogP contribution is -2.29. The van der Waals surface area contributed by atoms with Gasteiger partial charge in [0, 0.05) is 26.4 Å². The summed E-state index contributed by atoms with van der Waals surface area (Å²) in [6.07, 6.45) is 0.562. The first kappa shape index (κ1) is 17.6. The van der Waals surface area contributed by atoms with Crippen LogP contribution < -0.4 is 0 Å². The maximum Gasteiger partial charge on any atom is 0.312 e. The van der Waals surface area contributed by atoms with Gasteiger partial charge in [-0.3, -0.25) is 24.4 Å². The second-order valence-corrected chi connectivity index (χ2v) is 5.06. The Balaban J connectivity index is 2.55. The minimum atomic E-state index is -0.893. The molecule has 0 aromatic carbocycles. The lowest BCUT2D eigenvalue weighted by molar-refractivity contribution is -0.386. The van der Waals surface area contributed by atoms with Crippen LogP contribution in [0, 0.1) is 24.0 Å². The topological polar surface area (TPSA) is 119 Å². The third-order valence-corrected chi connectivity index (χ3v) is 3.37. The molecule has 0 atom stereocenters. The molecule has 9 nitrogen and oxygen atoms in total. The molecule has 1 aromatic heterocycles. The van der Waals surface area contributed by atoms with Crippen molar-refractivity contribution in [3.05, 3.63) is 21.5 Å². The van der Waals surface area contributed by atoms with Gasteiger partial charge in [-0.1, -0.05) is 0 Å². The minimum Gasteiger partial charge on any atom is -0.481 e. The molecule has 0 spiro atoms. The highest BCUT2D eigenvalue weighted by atomic mass is 16.6. The lowest BCUT2D eigenvalue weighted by Gasteiger charge is -2.16. The number of hydrogen-bond donors (Lipinski definition) is 1. The van der Waals surface area contributed by atoms with Crippen LogP contribution in [0.3, 0.4) is 0 Å². The van der Waals surface area contributed by atoms with E-state index in [0.29, 0.717) is 24.4 Å². The molecule has 1 amide bonds. The van der Waals surface area contributed by atoms with E-state index < -0.39 is 10.9 Å². The van der Waals surface area contributed by atoms with Crippen molar-refractivity contribution in [1.82, 2.24) is 14.7 Å². The van der Waals surface area contributed by atoms with Gasteiger partial charge in [0.2, 0.25) is 5.91 Å². The number of rotatable bonds is 8. The summed E-state index contributed by atoms with van der Waals surface area (Å²) in [6.45, 7) is 3.77. The number of nitro groups is 1. The fourth-order valence-electron chi connectivity index (χ4n) is 2.15. The molecule has 0 aliphatic carbocycles. The number of aryl methyl sites for hydroxylation is 2. The molecule has 0 unspecified atom stereocenters. The predicted molar refractivity (Wildman–Crippen MR) is 77.5 cm³/mol. The summed E-state index contributed by atoms with van der Waals surface area (Å²) < 4.78 is 1.45. The zero-order valence-corrected chi connectivity index (χ0v) is 12.9. The Morgan fingerprint density at radius 2 is 2.00 bits per heavy atom. The summed E-state index contributed by atoms with van der Waals surface area (Å²) in [5.74, 6) is -1.05. The van der Waals surface area contributed by atoms with E-state index in [1.807, 2.05) is 0 Å². The number of aliphatic carboxylic acids is 1. The first-order chi connectivity index (χ1) is 10.2. The van der Waals surface area contributed by atoms with Crippen LogP contribution in [0.2, 0.25) is 0 Å². The van der Waals surface area contributed by atoms with Crippen molar-refractivity contribution in [3.63, 3.8) is 0 Å². The van der Waals surface area contributed by atoms with Gasteiger partial charge in [0.15, 0.2) is 0 Å². The summed E-state index contributed by atoms with van der Waals surface area (Å²) in [5.41, 5.74) is 0.718. The average Bonchev–Trinajstić information content (AvgIpc) is 2.70. The first-order valence-corrected chi connectivity index (χ1v) is 6.88. The highest BCUT2D eigenvalue weighted by molar-refractivity contribution is 5.75. The largest absolute Gasteiger partial charge is 0.481 e. The number of carboxylic acids is 1. The van der Waals surface area contributed by atoms with E-state index in [-0.39, 0.29) is 31.0 Å². The smallest absolute Gasteiger partial charge is 0.312 e. The molecule has 1 rings (SSSR count). The van der Waals surface area contributed by atoms with Crippen molar-refractivity contribution in [3.8, 4) is 0 Å². The van der Waals surface area contributed by atoms with E-state index in [0.717, 1.165) is 0 Å². The second-order valence-electron chi connectivity index (χ2n) is 5.06. The zero-order chi connectivity index (χ0) is 16.9. The Morgan fingerprint density at radius 3 is 2.50 bits per heavy atom. The molecule has 0 aliphatic rings. The van der Waals surface area contributed by atoms with Crippen molar-refractivity contribution >= 4 is 17.6 Å². The van der Waals surface area contributed by atoms with Crippen LogP contribution >= 0.6 is 0 Å². The number of carbonyl (C=O) groups excluding carboxylic acids is 1. The quantitative estimate of drug-likeness (QED) is 0.567. The molecule has 9 heteroatoms. The third-order valence-electron chi connectivity index (χ3n) is 3.37. The summed E-state index contributed by atoms with van der Waals surface area (Å²) in [5, 5.41) is 23.5. The van der Waals surface area contributed by atoms with Gasteiger partial charge < -0.3 is 10.0 Å². The van der Waals surface area contributed by atoms with Crippen LogP contribution in [-0.4, -0.2) is 50.2 Å². The van der Waals surface area contributed by atoms with Crippen LogP contribution in [-0.2, 0) is 16.1 Å². The van der Waals surface area contributed by atoms with Gasteiger partial charge >= 0.3 is 11.7 Å². The number of nitrogens with zero attached hydrogens (tertiary/aromatic N) is 4. The Hall–Kier alpha value is -2.45. The Morgan fingerprint density at radius 1 is 1.36 bits per heavy atom. The van der Waals surface area contributed by atoms with E-state index in [1.54, 1.807) is 20.9 Å². The Bertz CT molecular complexity index is 581. The van der Waals surface area contributed by atoms with Crippen LogP contribution in [0.1, 0.15) is 30.7 Å². The van der Waals surface area contributed by atoms with Crippen LogP contribution in [0.15, 0.2) is 0 Å². The predicted octanol–water partition coefficient (Wildman–Crippen LogP) is 1.12. The third kappa shape index (κ3) is 4.54. The SMILES string of the molecule is Cc1nn(CCC(=O)N(C)CCCC(=O)O)c(C)c1[N+](=O)[O-]. The zero-order valence-electron chi connectivity index (χ0n) is 12.9. The molecular formula is C13H20N4O5. The van der Waals surface area contributed by atoms with Gasteiger partial charge in [-0.15, -0.1) is 0 Å². The summed E-state index contributed by atoms with van der Waals surface area (Å²) in [7, 11) is 1.60. The molecular weight excluding hydrogens is 292 g/mol. The molecule has 0 bridgehead atoms. The maximum absolute atomic E-state index is 11.9. The number of carbonyl (C=O) groups is 2. The highest BCUT2D eigenvalue weighted by Crippen LogP contribution is 2.21. The van der Waals surface area contributed by atoms with E-state index in [9.17, 15) is 19.7 Å². The van der Waals surface area contributed by atoms with Crippen molar-refractivity contribution in [2.45, 2.75) is 39.7 Å². The molecule has 122 valence electrons. The molecule has 22 heavy (non-hydrogen) atoms. The average molecular weight is 312 g/mol. The van der Waals surface area contributed by atoms with Crippen LogP contribution in [0.5, 0.6) is 0 Å². The van der Waals surface area contributed by atoms with Gasteiger partial charge in [0.25, 0.3) is 0 Å². The highest BCUT2D eigenvalue weighted by Gasteiger charge is 2.22. The second kappa shape index (κ2) is 7.53. The van der Waals surface area contributed by atoms with Gasteiger partial charge in [-0.05, 0) is 20.3 Å². The van der Waals surface area contributed by atoms with Crippen LogP contribution in [0.25, 0.3) is 0 Å². The fraction of sp³-hybridized carbons (Fsp3) is 0.615.